The number of benzene rings is 2. The second-order valence-corrected chi connectivity index (χ2v) is 2.67. The van der Waals surface area contributed by atoms with Crippen LogP contribution in [0, 0.1) is 0 Å². The molecule has 2 aromatic carbocycles. The standard InChI is InChI=1S/2C6H6O.H3N.Zr/c2*7-6-4-2-1-3-5-6;;/h2*1-5,7H;1H3;. The summed E-state index contributed by atoms with van der Waals surface area (Å²) in [5.74, 6) is 0.644. The van der Waals surface area contributed by atoms with Gasteiger partial charge in [0, 0.05) is 26.2 Å². The molecule has 4 heteroatoms. The molecule has 0 atom stereocenters. The Bertz CT molecular complexity index is 316. The molecule has 5 N–H and O–H groups in total. The van der Waals surface area contributed by atoms with Crippen LogP contribution < -0.4 is 6.15 Å². The summed E-state index contributed by atoms with van der Waals surface area (Å²) >= 11 is 0. The van der Waals surface area contributed by atoms with Gasteiger partial charge in [-0.1, -0.05) is 36.4 Å². The molecule has 0 heterocycles. The Morgan fingerprint density at radius 3 is 0.938 bits per heavy atom. The van der Waals surface area contributed by atoms with Gasteiger partial charge >= 0.3 is 0 Å². The molecule has 0 aliphatic heterocycles. The normalized spacial score (nSPS) is 7.50. The van der Waals surface area contributed by atoms with E-state index in [4.69, 9.17) is 10.2 Å². The predicted octanol–water partition coefficient (Wildman–Crippen LogP) is 2.94. The summed E-state index contributed by atoms with van der Waals surface area (Å²) in [5, 5.41) is 17.3. The van der Waals surface area contributed by atoms with Crippen molar-refractivity contribution in [1.82, 2.24) is 6.15 Å². The van der Waals surface area contributed by atoms with Crippen molar-refractivity contribution in [3.8, 4) is 11.5 Å². The van der Waals surface area contributed by atoms with Crippen LogP contribution >= 0.6 is 0 Å². The molecule has 16 heavy (non-hydrogen) atoms. The molecule has 2 rings (SSSR count). The number of hydrogen-bond donors (Lipinski definition) is 3. The van der Waals surface area contributed by atoms with Gasteiger partial charge in [0.1, 0.15) is 11.5 Å². The van der Waals surface area contributed by atoms with Gasteiger partial charge in [-0.25, -0.2) is 0 Å². The van der Waals surface area contributed by atoms with E-state index in [1.165, 1.54) is 0 Å². The van der Waals surface area contributed by atoms with E-state index in [0.29, 0.717) is 11.5 Å². The molecule has 3 nitrogen and oxygen atoms in total. The van der Waals surface area contributed by atoms with Crippen molar-refractivity contribution in [2.75, 3.05) is 0 Å². The van der Waals surface area contributed by atoms with Crippen molar-refractivity contribution < 1.29 is 36.4 Å². The molecule has 0 saturated carbocycles. The molecule has 0 aliphatic rings. The average Bonchev–Trinajstić information content (AvgIpc) is 2.21. The molecule has 0 aromatic heterocycles. The molecular weight excluding hydrogens is 281 g/mol. The maximum Gasteiger partial charge on any atom is 0.115 e. The summed E-state index contributed by atoms with van der Waals surface area (Å²) < 4.78 is 0. The van der Waals surface area contributed by atoms with Gasteiger partial charge in [-0.05, 0) is 24.3 Å². The van der Waals surface area contributed by atoms with Crippen LogP contribution in [0.25, 0.3) is 0 Å². The minimum absolute atomic E-state index is 0. The van der Waals surface area contributed by atoms with E-state index in [1.54, 1.807) is 48.5 Å². The smallest absolute Gasteiger partial charge is 0.115 e. The van der Waals surface area contributed by atoms with Gasteiger partial charge in [-0.2, -0.15) is 0 Å². The third-order valence-electron chi connectivity index (χ3n) is 1.51. The number of para-hydroxylation sites is 2. The van der Waals surface area contributed by atoms with Gasteiger partial charge in [0.05, 0.1) is 0 Å². The fourth-order valence-corrected chi connectivity index (χ4v) is 0.856. The zero-order chi connectivity index (χ0) is 10.2. The van der Waals surface area contributed by atoms with Crippen LogP contribution in [-0.4, -0.2) is 10.2 Å². The summed E-state index contributed by atoms with van der Waals surface area (Å²) in [6, 6.07) is 17.4. The third-order valence-corrected chi connectivity index (χ3v) is 1.51. The fourth-order valence-electron chi connectivity index (χ4n) is 0.856. The van der Waals surface area contributed by atoms with Gasteiger partial charge in [0.15, 0.2) is 0 Å². The zero-order valence-corrected chi connectivity index (χ0v) is 11.3. The summed E-state index contributed by atoms with van der Waals surface area (Å²) in [7, 11) is 0. The van der Waals surface area contributed by atoms with Crippen LogP contribution in [0.1, 0.15) is 0 Å². The number of hydrogen-bond acceptors (Lipinski definition) is 3. The fraction of sp³-hybridized carbons (Fsp3) is 0. The summed E-state index contributed by atoms with van der Waals surface area (Å²) in [6.45, 7) is 0. The Morgan fingerprint density at radius 1 is 0.562 bits per heavy atom. The molecule has 0 amide bonds. The summed E-state index contributed by atoms with van der Waals surface area (Å²) in [4.78, 5) is 0. The molecule has 0 radical (unpaired) electrons. The van der Waals surface area contributed by atoms with Crippen LogP contribution in [0.15, 0.2) is 60.7 Å². The third kappa shape index (κ3) is 8.21. The number of rotatable bonds is 0. The van der Waals surface area contributed by atoms with E-state index >= 15 is 0 Å². The van der Waals surface area contributed by atoms with Crippen molar-refractivity contribution in [1.29, 1.82) is 0 Å². The Balaban J connectivity index is 0. The van der Waals surface area contributed by atoms with Crippen molar-refractivity contribution >= 4 is 0 Å². The molecule has 0 bridgehead atoms. The Labute approximate surface area is 114 Å². The molecular formula is C12H15NO2Zr. The van der Waals surface area contributed by atoms with Gasteiger partial charge in [0.25, 0.3) is 0 Å². The van der Waals surface area contributed by atoms with Crippen molar-refractivity contribution in [3.05, 3.63) is 60.7 Å². The van der Waals surface area contributed by atoms with Crippen LogP contribution in [0.3, 0.4) is 0 Å². The quantitative estimate of drug-likeness (QED) is 0.699. The van der Waals surface area contributed by atoms with Gasteiger partial charge < -0.3 is 16.4 Å². The van der Waals surface area contributed by atoms with E-state index in [2.05, 4.69) is 0 Å². The molecule has 0 aliphatic carbocycles. The number of phenolic OH excluding ortho intramolecular Hbond substituents is 2. The second kappa shape index (κ2) is 10.4. The minimum atomic E-state index is 0. The topological polar surface area (TPSA) is 75.5 Å². The molecule has 0 saturated heterocycles. The van der Waals surface area contributed by atoms with Crippen LogP contribution in [0.4, 0.5) is 0 Å². The molecule has 0 spiro atoms. The molecule has 2 aromatic rings. The Hall–Kier alpha value is -1.12. The molecule has 0 unspecified atom stereocenters. The first kappa shape index (κ1) is 17.3. The second-order valence-electron chi connectivity index (χ2n) is 2.67. The Kier molecular flexibility index (Phi) is 11.2. The molecule has 84 valence electrons. The largest absolute Gasteiger partial charge is 0.508 e. The van der Waals surface area contributed by atoms with Crippen LogP contribution in [0.2, 0.25) is 0 Å². The minimum Gasteiger partial charge on any atom is -0.508 e. The first-order chi connectivity index (χ1) is 6.79. The van der Waals surface area contributed by atoms with E-state index in [-0.39, 0.29) is 32.4 Å². The average molecular weight is 296 g/mol. The van der Waals surface area contributed by atoms with E-state index < -0.39 is 0 Å². The van der Waals surface area contributed by atoms with E-state index in [1.807, 2.05) is 12.1 Å². The predicted molar refractivity (Wildman–Crippen MR) is 61.2 cm³/mol. The van der Waals surface area contributed by atoms with Gasteiger partial charge in [-0.3, -0.25) is 0 Å². The van der Waals surface area contributed by atoms with Gasteiger partial charge in [0.2, 0.25) is 0 Å². The van der Waals surface area contributed by atoms with Crippen molar-refractivity contribution in [2.24, 2.45) is 0 Å². The maximum atomic E-state index is 8.63. The number of phenols is 2. The SMILES string of the molecule is N.Oc1ccccc1.Oc1ccccc1.[Zr]. The monoisotopic (exact) mass is 295 g/mol. The van der Waals surface area contributed by atoms with Gasteiger partial charge in [-0.15, -0.1) is 0 Å². The number of aromatic hydroxyl groups is 2. The Morgan fingerprint density at radius 2 is 0.812 bits per heavy atom. The summed E-state index contributed by atoms with van der Waals surface area (Å²) in [5.41, 5.74) is 0. The van der Waals surface area contributed by atoms with Crippen molar-refractivity contribution in [3.63, 3.8) is 0 Å². The van der Waals surface area contributed by atoms with Crippen LogP contribution in [0.5, 0.6) is 11.5 Å². The first-order valence-corrected chi connectivity index (χ1v) is 4.27. The zero-order valence-electron chi connectivity index (χ0n) is 8.88. The van der Waals surface area contributed by atoms with E-state index in [9.17, 15) is 0 Å². The summed E-state index contributed by atoms with van der Waals surface area (Å²) in [6.07, 6.45) is 0. The van der Waals surface area contributed by atoms with Crippen molar-refractivity contribution in [2.45, 2.75) is 0 Å². The first-order valence-electron chi connectivity index (χ1n) is 4.27. The molecule has 0 fully saturated rings. The van der Waals surface area contributed by atoms with Crippen LogP contribution in [-0.2, 0) is 26.2 Å². The van der Waals surface area contributed by atoms with E-state index in [0.717, 1.165) is 0 Å². The maximum absolute atomic E-state index is 8.63.